The molecule has 0 saturated carbocycles. The van der Waals surface area contributed by atoms with Crippen molar-refractivity contribution in [2.45, 2.75) is 24.3 Å². The zero-order chi connectivity index (χ0) is 14.0. The van der Waals surface area contributed by atoms with Gasteiger partial charge in [-0.15, -0.1) is 12.4 Å². The number of benzene rings is 1. The minimum Gasteiger partial charge on any atom is -0.316 e. The van der Waals surface area contributed by atoms with Gasteiger partial charge in [-0.1, -0.05) is 13.0 Å². The van der Waals surface area contributed by atoms with Crippen LogP contribution in [0.1, 0.15) is 13.3 Å². The van der Waals surface area contributed by atoms with Gasteiger partial charge in [-0.25, -0.2) is 17.5 Å². The van der Waals surface area contributed by atoms with Crippen molar-refractivity contribution in [2.75, 3.05) is 13.1 Å². The third kappa shape index (κ3) is 3.92. The summed E-state index contributed by atoms with van der Waals surface area (Å²) in [5.74, 6) is -0.574. The van der Waals surface area contributed by atoms with E-state index in [9.17, 15) is 12.8 Å². The molecule has 0 aromatic heterocycles. The Bertz CT molecular complexity index is 571. The molecule has 1 aromatic carbocycles. The fourth-order valence-electron chi connectivity index (χ4n) is 2.14. The van der Waals surface area contributed by atoms with Crippen LogP contribution in [0.25, 0.3) is 0 Å². The van der Waals surface area contributed by atoms with Gasteiger partial charge in [0.2, 0.25) is 10.0 Å². The molecule has 8 heteroatoms. The number of hydrogen-bond acceptors (Lipinski definition) is 3. The Morgan fingerprint density at radius 3 is 2.80 bits per heavy atom. The number of nitrogens with one attached hydrogen (secondary N) is 2. The van der Waals surface area contributed by atoms with E-state index in [1.165, 1.54) is 18.2 Å². The molecule has 1 aliphatic heterocycles. The van der Waals surface area contributed by atoms with E-state index < -0.39 is 15.8 Å². The first-order chi connectivity index (χ1) is 8.92. The van der Waals surface area contributed by atoms with E-state index in [1.54, 1.807) is 0 Å². The lowest BCUT2D eigenvalue weighted by Crippen LogP contribution is -2.48. The second-order valence-electron chi connectivity index (χ2n) is 4.75. The Morgan fingerprint density at radius 1 is 1.45 bits per heavy atom. The maximum absolute atomic E-state index is 13.9. The van der Waals surface area contributed by atoms with Gasteiger partial charge in [0, 0.05) is 6.04 Å². The summed E-state index contributed by atoms with van der Waals surface area (Å²) in [7, 11) is -3.83. The highest BCUT2D eigenvalue weighted by molar-refractivity contribution is 9.10. The fourth-order valence-corrected chi connectivity index (χ4v) is 4.12. The zero-order valence-electron chi connectivity index (χ0n) is 10.9. The van der Waals surface area contributed by atoms with Gasteiger partial charge in [0.15, 0.2) is 5.82 Å². The van der Waals surface area contributed by atoms with Gasteiger partial charge in [0.25, 0.3) is 0 Å². The smallest absolute Gasteiger partial charge is 0.243 e. The summed E-state index contributed by atoms with van der Waals surface area (Å²) in [6.07, 6.45) is 0.704. The maximum Gasteiger partial charge on any atom is 0.243 e. The highest BCUT2D eigenvalue weighted by Gasteiger charge is 2.28. The van der Waals surface area contributed by atoms with E-state index in [2.05, 4.69) is 26.0 Å². The molecule has 0 radical (unpaired) electrons. The molecule has 2 unspecified atom stereocenters. The molecular weight excluding hydrogens is 371 g/mol. The monoisotopic (exact) mass is 386 g/mol. The molecule has 1 saturated heterocycles. The Balaban J connectivity index is 0.00000200. The Hall–Kier alpha value is -0.210. The number of halogens is 3. The molecule has 0 spiro atoms. The molecule has 20 heavy (non-hydrogen) atoms. The number of piperidine rings is 1. The van der Waals surface area contributed by atoms with E-state index in [0.29, 0.717) is 6.42 Å². The molecule has 0 bridgehead atoms. The molecule has 2 N–H and O–H groups in total. The van der Waals surface area contributed by atoms with Crippen LogP contribution in [0.15, 0.2) is 27.6 Å². The van der Waals surface area contributed by atoms with Crippen molar-refractivity contribution >= 4 is 38.4 Å². The summed E-state index contributed by atoms with van der Waals surface area (Å²) >= 11 is 3.00. The standard InChI is InChI=1S/C12H16BrFN2O2S.ClH/c1-8-7-15-6-5-10(8)16-19(17,18)11-4-2-3-9(13)12(11)14;/h2-4,8,10,15-16H,5-7H2,1H3;1H. The van der Waals surface area contributed by atoms with E-state index in [4.69, 9.17) is 0 Å². The van der Waals surface area contributed by atoms with Gasteiger partial charge >= 0.3 is 0 Å². The summed E-state index contributed by atoms with van der Waals surface area (Å²) in [6.45, 7) is 3.49. The molecule has 2 rings (SSSR count). The number of sulfonamides is 1. The SMILES string of the molecule is CC1CNCCC1NS(=O)(=O)c1cccc(Br)c1F.Cl. The highest BCUT2D eigenvalue weighted by Crippen LogP contribution is 2.23. The van der Waals surface area contributed by atoms with E-state index >= 15 is 0 Å². The largest absolute Gasteiger partial charge is 0.316 e. The lowest BCUT2D eigenvalue weighted by Gasteiger charge is -2.30. The van der Waals surface area contributed by atoms with Crippen LogP contribution < -0.4 is 10.0 Å². The van der Waals surface area contributed by atoms with Crippen LogP contribution in [0.5, 0.6) is 0 Å². The predicted molar refractivity (Wildman–Crippen MR) is 82.1 cm³/mol. The first-order valence-electron chi connectivity index (χ1n) is 6.09. The summed E-state index contributed by atoms with van der Waals surface area (Å²) in [6, 6.07) is 4.09. The first kappa shape index (κ1) is 17.8. The van der Waals surface area contributed by atoms with Crippen molar-refractivity contribution in [2.24, 2.45) is 5.92 Å². The van der Waals surface area contributed by atoms with E-state index in [1.807, 2.05) is 6.92 Å². The topological polar surface area (TPSA) is 58.2 Å². The van der Waals surface area contributed by atoms with Crippen molar-refractivity contribution in [1.82, 2.24) is 10.0 Å². The zero-order valence-corrected chi connectivity index (χ0v) is 14.1. The molecule has 1 aromatic rings. The minimum absolute atomic E-state index is 0. The van der Waals surface area contributed by atoms with Crippen molar-refractivity contribution < 1.29 is 12.8 Å². The van der Waals surface area contributed by atoms with E-state index in [0.717, 1.165) is 13.1 Å². The van der Waals surface area contributed by atoms with Crippen LogP contribution in [0.3, 0.4) is 0 Å². The normalized spacial score (nSPS) is 23.1. The second-order valence-corrected chi connectivity index (χ2v) is 7.29. The third-order valence-electron chi connectivity index (χ3n) is 3.30. The Kier molecular flexibility index (Phi) is 6.40. The van der Waals surface area contributed by atoms with Crippen LogP contribution in [0.2, 0.25) is 0 Å². The molecule has 1 heterocycles. The van der Waals surface area contributed by atoms with Crippen molar-refractivity contribution in [1.29, 1.82) is 0 Å². The van der Waals surface area contributed by atoms with Gasteiger partial charge < -0.3 is 5.32 Å². The van der Waals surface area contributed by atoms with Crippen LogP contribution in [-0.4, -0.2) is 27.5 Å². The minimum atomic E-state index is -3.83. The van der Waals surface area contributed by atoms with Crippen molar-refractivity contribution in [3.63, 3.8) is 0 Å². The molecule has 2 atom stereocenters. The third-order valence-corrected chi connectivity index (χ3v) is 5.42. The predicted octanol–water partition coefficient (Wildman–Crippen LogP) is 2.29. The molecule has 4 nitrogen and oxygen atoms in total. The molecule has 0 aliphatic carbocycles. The summed E-state index contributed by atoms with van der Waals surface area (Å²) < 4.78 is 41.1. The lowest BCUT2D eigenvalue weighted by molar-refractivity contribution is 0.327. The van der Waals surface area contributed by atoms with Crippen molar-refractivity contribution in [3.8, 4) is 0 Å². The fraction of sp³-hybridized carbons (Fsp3) is 0.500. The Morgan fingerprint density at radius 2 is 2.15 bits per heavy atom. The van der Waals surface area contributed by atoms with Crippen LogP contribution in [-0.2, 0) is 10.0 Å². The van der Waals surface area contributed by atoms with Gasteiger partial charge in [0.1, 0.15) is 4.90 Å². The van der Waals surface area contributed by atoms with Crippen LogP contribution >= 0.6 is 28.3 Å². The first-order valence-corrected chi connectivity index (χ1v) is 8.36. The van der Waals surface area contributed by atoms with Crippen molar-refractivity contribution in [3.05, 3.63) is 28.5 Å². The quantitative estimate of drug-likeness (QED) is 0.836. The van der Waals surface area contributed by atoms with E-state index in [-0.39, 0.29) is 33.7 Å². The molecule has 0 amide bonds. The summed E-state index contributed by atoms with van der Waals surface area (Å²) in [4.78, 5) is -0.312. The van der Waals surface area contributed by atoms with Gasteiger partial charge in [0.05, 0.1) is 4.47 Å². The summed E-state index contributed by atoms with van der Waals surface area (Å²) in [5.41, 5.74) is 0. The summed E-state index contributed by atoms with van der Waals surface area (Å²) in [5, 5.41) is 3.19. The van der Waals surface area contributed by atoms with Gasteiger partial charge in [-0.3, -0.25) is 0 Å². The molecule has 1 aliphatic rings. The average Bonchev–Trinajstić information content (AvgIpc) is 2.35. The molecule has 1 fully saturated rings. The molecule has 114 valence electrons. The maximum atomic E-state index is 13.9. The number of rotatable bonds is 3. The Labute approximate surface area is 133 Å². The van der Waals surface area contributed by atoms with Gasteiger partial charge in [-0.2, -0.15) is 0 Å². The second kappa shape index (κ2) is 7.17. The van der Waals surface area contributed by atoms with Gasteiger partial charge in [-0.05, 0) is 53.5 Å². The molecular formula is C12H17BrClFN2O2S. The lowest BCUT2D eigenvalue weighted by atomic mass is 9.97. The average molecular weight is 388 g/mol. The highest BCUT2D eigenvalue weighted by atomic mass is 79.9. The van der Waals surface area contributed by atoms with Crippen LogP contribution in [0.4, 0.5) is 4.39 Å². The number of hydrogen-bond donors (Lipinski definition) is 2. The van der Waals surface area contributed by atoms with Crippen LogP contribution in [0, 0.1) is 11.7 Å².